The number of likely N-dealkylation sites (N-methyl/N-ethyl adjacent to an activating group) is 1. The number of aromatic nitrogens is 4. The Balaban J connectivity index is 0.889. The van der Waals surface area contributed by atoms with E-state index in [9.17, 15) is 28.2 Å². The summed E-state index contributed by atoms with van der Waals surface area (Å²) in [5, 5.41) is 17.4. The van der Waals surface area contributed by atoms with Crippen molar-refractivity contribution in [2.45, 2.75) is 147 Å². The van der Waals surface area contributed by atoms with Crippen molar-refractivity contribution in [1.82, 2.24) is 50.4 Å². The van der Waals surface area contributed by atoms with Crippen LogP contribution in [0.4, 0.5) is 16.4 Å². The highest BCUT2D eigenvalue weighted by Crippen LogP contribution is 2.36. The summed E-state index contributed by atoms with van der Waals surface area (Å²) in [6.45, 7) is 21.2. The van der Waals surface area contributed by atoms with E-state index in [2.05, 4.69) is 45.9 Å². The number of aliphatic imine (C=N–C) groups is 1. The molecule has 5 unspecified atom stereocenters. The first-order valence-electron chi connectivity index (χ1n) is 26.0. The van der Waals surface area contributed by atoms with Gasteiger partial charge in [-0.25, -0.2) is 14.8 Å². The quantitative estimate of drug-likeness (QED) is 0.124. The highest BCUT2D eigenvalue weighted by molar-refractivity contribution is 7.86. The molecule has 3 aromatic rings. The molecule has 74 heavy (non-hydrogen) atoms. The molecule has 6 N–H and O–H groups in total. The van der Waals surface area contributed by atoms with Gasteiger partial charge in [0.25, 0.3) is 0 Å². The maximum absolute atomic E-state index is 14.4. The molecule has 1 saturated carbocycles. The summed E-state index contributed by atoms with van der Waals surface area (Å²) in [5.41, 5.74) is 7.70. The maximum atomic E-state index is 14.4. The van der Waals surface area contributed by atoms with E-state index >= 15 is 0 Å². The van der Waals surface area contributed by atoms with Crippen LogP contribution in [0.2, 0.25) is 0 Å². The van der Waals surface area contributed by atoms with Crippen LogP contribution < -0.4 is 26.4 Å². The molecule has 1 aliphatic carbocycles. The van der Waals surface area contributed by atoms with E-state index < -0.39 is 75.0 Å². The number of aryl methyl sites for hydroxylation is 1. The highest BCUT2D eigenvalue weighted by Gasteiger charge is 2.45. The number of nitrogens with two attached hydrogens (primary N) is 1. The molecule has 7 rings (SSSR count). The monoisotopic (exact) mass is 1040 g/mol. The van der Waals surface area contributed by atoms with E-state index in [1.807, 2.05) is 58.9 Å². The topological polar surface area (TPSA) is 263 Å². The first-order chi connectivity index (χ1) is 35.0. The standard InChI is InChI=1S/C52H77N13O8S/c1-31-32(2)60-61-45(31)59-46-37-26-41(74(71)52(7,8)9)40(27-38(37)55-30-56-46)72-24-14-19-63-20-22-64(23-21-63)42-18-17-35(28-54-42)48(68)57-36-25-39(44(53)66)65(29-36)49(69)43(34-15-12-11-13-16-34)58-47(67)33(3)62(10)50(70)73-51(4,5)6/h17-18,26-27,30,33-36,39,43H,11-16,19-25,28-29H2,1-10H3,(H2,53,66)(H,57,68)(H,58,67)(H2,55,56,59,60,61)/t33-,35?,36?,39?,43?,74?/m0/s1. The number of carbonyl (C=O) groups excluding carboxylic acids is 5. The lowest BCUT2D eigenvalue weighted by atomic mass is 9.83. The van der Waals surface area contributed by atoms with Gasteiger partial charge in [-0.15, -0.1) is 0 Å². The normalized spacial score (nSPS) is 21.1. The summed E-state index contributed by atoms with van der Waals surface area (Å²) < 4.78 is 25.2. The van der Waals surface area contributed by atoms with Gasteiger partial charge >= 0.3 is 6.09 Å². The molecular formula is C52H77N13O8S. The lowest BCUT2D eigenvalue weighted by Crippen LogP contribution is -2.58. The second kappa shape index (κ2) is 23.6. The number of H-pyrrole nitrogens is 1. The molecule has 1 aromatic carbocycles. The van der Waals surface area contributed by atoms with Gasteiger partial charge in [0.2, 0.25) is 23.6 Å². The second-order valence-corrected chi connectivity index (χ2v) is 24.3. The van der Waals surface area contributed by atoms with E-state index in [4.69, 9.17) is 20.2 Å². The van der Waals surface area contributed by atoms with Gasteiger partial charge in [-0.05, 0) is 106 Å². The Morgan fingerprint density at radius 3 is 2.32 bits per heavy atom. The smallest absolute Gasteiger partial charge is 0.410 e. The fourth-order valence-electron chi connectivity index (χ4n) is 9.76. The number of fused-ring (bicyclic) bond motifs is 1. The number of nitrogens with zero attached hydrogens (tertiary/aromatic N) is 8. The first-order valence-corrected chi connectivity index (χ1v) is 27.1. The Hall–Kier alpha value is -6.16. The van der Waals surface area contributed by atoms with Crippen LogP contribution in [-0.2, 0) is 34.7 Å². The molecule has 3 fully saturated rings. The summed E-state index contributed by atoms with van der Waals surface area (Å²) in [6.07, 6.45) is 9.70. The van der Waals surface area contributed by atoms with E-state index in [0.29, 0.717) is 47.2 Å². The average Bonchev–Trinajstić information content (AvgIpc) is 3.94. The minimum absolute atomic E-state index is 0.0516. The third kappa shape index (κ3) is 13.6. The van der Waals surface area contributed by atoms with Crippen molar-refractivity contribution >= 4 is 68.9 Å². The number of amidine groups is 1. The van der Waals surface area contributed by atoms with Gasteiger partial charge in [-0.1, -0.05) is 25.3 Å². The van der Waals surface area contributed by atoms with Crippen LogP contribution in [0.1, 0.15) is 105 Å². The van der Waals surface area contributed by atoms with Gasteiger partial charge in [-0.2, -0.15) is 5.10 Å². The van der Waals surface area contributed by atoms with Crippen molar-refractivity contribution in [2.24, 2.45) is 22.6 Å². The van der Waals surface area contributed by atoms with Crippen molar-refractivity contribution in [3.63, 3.8) is 0 Å². The molecule has 6 atom stereocenters. The third-order valence-electron chi connectivity index (χ3n) is 14.4. The number of rotatable bonds is 16. The zero-order chi connectivity index (χ0) is 53.6. The molecule has 22 heteroatoms. The van der Waals surface area contributed by atoms with Crippen molar-refractivity contribution in [3.8, 4) is 5.75 Å². The summed E-state index contributed by atoms with van der Waals surface area (Å²) in [7, 11) is 0.0780. The van der Waals surface area contributed by atoms with Gasteiger partial charge in [0.15, 0.2) is 5.82 Å². The molecule has 0 spiro atoms. The number of dihydropyridines is 1. The maximum Gasteiger partial charge on any atom is 0.410 e. The molecule has 21 nitrogen and oxygen atoms in total. The van der Waals surface area contributed by atoms with Gasteiger partial charge < -0.3 is 41.0 Å². The summed E-state index contributed by atoms with van der Waals surface area (Å²) >= 11 is 0. The summed E-state index contributed by atoms with van der Waals surface area (Å²) in [5.74, 6) is -0.0386. The fourth-order valence-corrected chi connectivity index (χ4v) is 10.9. The fraction of sp³-hybridized carbons (Fsp3) is 0.635. The van der Waals surface area contributed by atoms with Gasteiger partial charge in [0.1, 0.15) is 47.5 Å². The van der Waals surface area contributed by atoms with Crippen LogP contribution in [0, 0.1) is 25.7 Å². The van der Waals surface area contributed by atoms with Crippen LogP contribution in [0.25, 0.3) is 10.9 Å². The molecule has 5 heterocycles. The van der Waals surface area contributed by atoms with Crippen LogP contribution in [0.5, 0.6) is 5.75 Å². The van der Waals surface area contributed by atoms with Crippen molar-refractivity contribution < 1.29 is 37.7 Å². The van der Waals surface area contributed by atoms with E-state index in [0.717, 1.165) is 80.9 Å². The molecule has 3 aliphatic heterocycles. The Morgan fingerprint density at radius 1 is 0.986 bits per heavy atom. The Morgan fingerprint density at radius 2 is 1.70 bits per heavy atom. The number of anilines is 2. The molecule has 5 amide bonds. The van der Waals surface area contributed by atoms with Gasteiger partial charge in [-0.3, -0.25) is 43.3 Å². The Labute approximate surface area is 437 Å². The van der Waals surface area contributed by atoms with Crippen molar-refractivity contribution in [3.05, 3.63) is 41.9 Å². The van der Waals surface area contributed by atoms with Crippen molar-refractivity contribution in [1.29, 1.82) is 0 Å². The van der Waals surface area contributed by atoms with Crippen LogP contribution in [0.15, 0.2) is 40.5 Å². The predicted molar refractivity (Wildman–Crippen MR) is 283 cm³/mol. The van der Waals surface area contributed by atoms with Gasteiger partial charge in [0.05, 0.1) is 40.3 Å². The Kier molecular flexibility index (Phi) is 17.7. The number of carbonyl (C=O) groups is 5. The lowest BCUT2D eigenvalue weighted by molar-refractivity contribution is -0.143. The number of aromatic amines is 1. The number of nitrogens with one attached hydrogen (secondary N) is 4. The second-order valence-electron chi connectivity index (χ2n) is 22.1. The molecular weight excluding hydrogens is 967 g/mol. The first kappa shape index (κ1) is 55.6. The minimum Gasteiger partial charge on any atom is -0.492 e. The lowest BCUT2D eigenvalue weighted by Gasteiger charge is -2.36. The zero-order valence-electron chi connectivity index (χ0n) is 44.8. The molecule has 0 bridgehead atoms. The number of benzene rings is 1. The molecule has 4 aliphatic rings. The molecule has 404 valence electrons. The number of ether oxygens (including phenoxy) is 2. The zero-order valence-corrected chi connectivity index (χ0v) is 45.6. The SMILES string of the molecule is Cc1[nH]nc(Nc2ncnc3cc(OCCCN4CCN(C5=NCC(C(=O)NC6CC(C(N)=O)N(C(=O)C(NC(=O)[C@H](C)N(C)C(=O)OC(C)(C)C)C7CCCCC7)C6)C=C5)CC4)c(S(=O)C(C)(C)C)cc23)c1C. The van der Waals surface area contributed by atoms with Crippen LogP contribution >= 0.6 is 0 Å². The summed E-state index contributed by atoms with van der Waals surface area (Å²) in [4.78, 5) is 89.0. The predicted octanol–water partition coefficient (Wildman–Crippen LogP) is 4.48. The number of piperazine rings is 1. The van der Waals surface area contributed by atoms with Crippen LogP contribution in [-0.4, -0.2) is 174 Å². The number of likely N-dealkylation sites (tertiary alicyclic amines) is 1. The third-order valence-corrected chi connectivity index (χ3v) is 16.2. The van der Waals surface area contributed by atoms with E-state index in [-0.39, 0.29) is 31.3 Å². The van der Waals surface area contributed by atoms with Crippen LogP contribution in [0.3, 0.4) is 0 Å². The number of amides is 5. The minimum atomic E-state index is -1.40. The largest absolute Gasteiger partial charge is 0.492 e. The van der Waals surface area contributed by atoms with E-state index in [1.54, 1.807) is 27.7 Å². The molecule has 2 saturated heterocycles. The number of hydrogen-bond donors (Lipinski definition) is 5. The van der Waals surface area contributed by atoms with Crippen molar-refractivity contribution in [2.75, 3.05) is 64.8 Å². The van der Waals surface area contributed by atoms with E-state index in [1.165, 1.54) is 23.2 Å². The number of hydrogen-bond acceptors (Lipinski definition) is 15. The summed E-state index contributed by atoms with van der Waals surface area (Å²) in [6, 6.07) is 0.296. The highest BCUT2D eigenvalue weighted by atomic mass is 32.2. The number of primary amides is 1. The average molecular weight is 1040 g/mol. The molecule has 2 aromatic heterocycles. The van der Waals surface area contributed by atoms with Gasteiger partial charge in [0, 0.05) is 79.8 Å². The molecule has 0 radical (unpaired) electrons. The Bertz CT molecular complexity index is 2630.